The van der Waals surface area contributed by atoms with Crippen molar-refractivity contribution in [2.75, 3.05) is 13.1 Å². The molecule has 0 fully saturated rings. The van der Waals surface area contributed by atoms with Crippen LogP contribution in [0.1, 0.15) is 17.2 Å². The maximum Gasteiger partial charge on any atom is 0.126 e. The second kappa shape index (κ2) is 7.16. The molecule has 0 aromatic heterocycles. The summed E-state index contributed by atoms with van der Waals surface area (Å²) in [5, 5.41) is 0. The molecule has 0 amide bonds. The highest BCUT2D eigenvalue weighted by molar-refractivity contribution is 7.80. The van der Waals surface area contributed by atoms with Crippen LogP contribution in [0, 0.1) is 12.7 Å². The maximum absolute atomic E-state index is 13.4. The van der Waals surface area contributed by atoms with Crippen molar-refractivity contribution in [3.05, 3.63) is 60.5 Å². The number of nitrogens with two attached hydrogens (primary N) is 1. The average molecular weight is 278 g/mol. The van der Waals surface area contributed by atoms with Crippen molar-refractivity contribution in [3.8, 4) is 0 Å². The van der Waals surface area contributed by atoms with E-state index in [1.54, 1.807) is 31.2 Å². The van der Waals surface area contributed by atoms with Crippen molar-refractivity contribution in [1.29, 1.82) is 0 Å². The van der Waals surface area contributed by atoms with E-state index in [2.05, 4.69) is 13.2 Å². The molecular formula is C15H19FN2S. The first-order chi connectivity index (χ1) is 9.01. The Morgan fingerprint density at radius 1 is 1.42 bits per heavy atom. The van der Waals surface area contributed by atoms with Gasteiger partial charge in [-0.3, -0.25) is 4.90 Å². The van der Waals surface area contributed by atoms with Crippen LogP contribution in [0.25, 0.3) is 0 Å². The summed E-state index contributed by atoms with van der Waals surface area (Å²) in [6.45, 7) is 10.4. The van der Waals surface area contributed by atoms with E-state index in [4.69, 9.17) is 18.0 Å². The fraction of sp³-hybridized carbons (Fsp3) is 0.267. The van der Waals surface area contributed by atoms with E-state index in [0.29, 0.717) is 23.6 Å². The molecule has 1 aromatic carbocycles. The molecule has 0 aliphatic carbocycles. The fourth-order valence-electron chi connectivity index (χ4n) is 2.01. The van der Waals surface area contributed by atoms with Gasteiger partial charge in [-0.25, -0.2) is 4.39 Å². The van der Waals surface area contributed by atoms with Gasteiger partial charge < -0.3 is 5.73 Å². The average Bonchev–Trinajstić information content (AvgIpc) is 2.34. The fourth-order valence-corrected chi connectivity index (χ4v) is 2.30. The Morgan fingerprint density at radius 2 is 2.00 bits per heavy atom. The van der Waals surface area contributed by atoms with Gasteiger partial charge in [0.15, 0.2) is 0 Å². The Kier molecular flexibility index (Phi) is 5.86. The third-order valence-corrected chi connectivity index (χ3v) is 3.08. The summed E-state index contributed by atoms with van der Waals surface area (Å²) in [7, 11) is 0. The van der Waals surface area contributed by atoms with Gasteiger partial charge in [0.2, 0.25) is 0 Å². The molecule has 1 atom stereocenters. The van der Waals surface area contributed by atoms with Crippen LogP contribution in [0.5, 0.6) is 0 Å². The lowest BCUT2D eigenvalue weighted by atomic mass is 10.0. The minimum absolute atomic E-state index is 0.232. The van der Waals surface area contributed by atoms with Crippen molar-refractivity contribution < 1.29 is 4.39 Å². The number of aryl methyl sites for hydroxylation is 1. The zero-order chi connectivity index (χ0) is 14.4. The predicted molar refractivity (Wildman–Crippen MR) is 82.6 cm³/mol. The quantitative estimate of drug-likeness (QED) is 0.614. The van der Waals surface area contributed by atoms with E-state index < -0.39 is 0 Å². The SMILES string of the molecule is C=CCN(CC=C)C(C(N)=S)c1ccc(F)c(C)c1. The number of rotatable bonds is 7. The first kappa shape index (κ1) is 15.5. The summed E-state index contributed by atoms with van der Waals surface area (Å²) in [6, 6.07) is 4.69. The Bertz CT molecular complexity index is 475. The normalized spacial score (nSPS) is 12.2. The maximum atomic E-state index is 13.4. The number of thiocarbonyl (C=S) groups is 1. The molecule has 0 saturated heterocycles. The molecule has 0 aliphatic heterocycles. The minimum atomic E-state index is -0.245. The highest BCUT2D eigenvalue weighted by Gasteiger charge is 2.21. The van der Waals surface area contributed by atoms with Crippen LogP contribution >= 0.6 is 12.2 Å². The first-order valence-electron chi connectivity index (χ1n) is 6.02. The molecule has 0 heterocycles. The molecule has 0 aliphatic rings. The molecular weight excluding hydrogens is 259 g/mol. The van der Waals surface area contributed by atoms with Crippen molar-refractivity contribution in [1.82, 2.24) is 4.90 Å². The van der Waals surface area contributed by atoms with E-state index in [1.165, 1.54) is 6.07 Å². The molecule has 1 rings (SSSR count). The summed E-state index contributed by atoms with van der Waals surface area (Å²) in [5.74, 6) is -0.232. The van der Waals surface area contributed by atoms with Gasteiger partial charge in [0, 0.05) is 13.1 Å². The summed E-state index contributed by atoms with van der Waals surface area (Å²) >= 11 is 5.15. The third kappa shape index (κ3) is 3.98. The van der Waals surface area contributed by atoms with Crippen LogP contribution in [0.15, 0.2) is 43.5 Å². The smallest absolute Gasteiger partial charge is 0.126 e. The van der Waals surface area contributed by atoms with E-state index in [0.717, 1.165) is 5.56 Å². The van der Waals surface area contributed by atoms with Gasteiger partial charge >= 0.3 is 0 Å². The zero-order valence-electron chi connectivity index (χ0n) is 11.1. The molecule has 0 saturated carbocycles. The van der Waals surface area contributed by atoms with Crippen molar-refractivity contribution >= 4 is 17.2 Å². The molecule has 0 bridgehead atoms. The zero-order valence-corrected chi connectivity index (χ0v) is 11.9. The first-order valence-corrected chi connectivity index (χ1v) is 6.43. The van der Waals surface area contributed by atoms with Crippen LogP contribution in [0.3, 0.4) is 0 Å². The Morgan fingerprint density at radius 3 is 2.42 bits per heavy atom. The highest BCUT2D eigenvalue weighted by atomic mass is 32.1. The predicted octanol–water partition coefficient (Wildman–Crippen LogP) is 3.14. The van der Waals surface area contributed by atoms with Crippen LogP contribution in [-0.4, -0.2) is 23.0 Å². The molecule has 1 unspecified atom stereocenters. The summed E-state index contributed by atoms with van der Waals surface area (Å²) in [5.41, 5.74) is 7.31. The number of benzene rings is 1. The van der Waals surface area contributed by atoms with Crippen LogP contribution in [-0.2, 0) is 0 Å². The molecule has 0 radical (unpaired) electrons. The third-order valence-electron chi connectivity index (χ3n) is 2.86. The van der Waals surface area contributed by atoms with E-state index in [-0.39, 0.29) is 11.9 Å². The minimum Gasteiger partial charge on any atom is -0.392 e. The van der Waals surface area contributed by atoms with Gasteiger partial charge in [-0.1, -0.05) is 36.5 Å². The Hall–Kier alpha value is -1.52. The lowest BCUT2D eigenvalue weighted by Crippen LogP contribution is -2.37. The second-order valence-corrected chi connectivity index (χ2v) is 4.82. The lowest BCUT2D eigenvalue weighted by molar-refractivity contribution is 0.301. The van der Waals surface area contributed by atoms with Crippen LogP contribution in [0.4, 0.5) is 4.39 Å². The largest absolute Gasteiger partial charge is 0.392 e. The molecule has 1 aromatic rings. The summed E-state index contributed by atoms with van der Waals surface area (Å²) < 4.78 is 13.4. The van der Waals surface area contributed by atoms with Crippen LogP contribution < -0.4 is 5.73 Å². The van der Waals surface area contributed by atoms with E-state index >= 15 is 0 Å². The number of nitrogens with zero attached hydrogens (tertiary/aromatic N) is 1. The van der Waals surface area contributed by atoms with Gasteiger partial charge in [0.1, 0.15) is 5.82 Å². The van der Waals surface area contributed by atoms with Gasteiger partial charge in [0.05, 0.1) is 11.0 Å². The molecule has 0 spiro atoms. The Labute approximate surface area is 119 Å². The van der Waals surface area contributed by atoms with Crippen molar-refractivity contribution in [3.63, 3.8) is 0 Å². The molecule has 4 heteroatoms. The van der Waals surface area contributed by atoms with Crippen LogP contribution in [0.2, 0.25) is 0 Å². The summed E-state index contributed by atoms with van der Waals surface area (Å²) in [4.78, 5) is 2.39. The van der Waals surface area contributed by atoms with E-state index in [9.17, 15) is 4.39 Å². The molecule has 2 N–H and O–H groups in total. The number of hydrogen-bond donors (Lipinski definition) is 1. The second-order valence-electron chi connectivity index (χ2n) is 4.34. The van der Waals surface area contributed by atoms with Gasteiger partial charge in [-0.05, 0) is 24.1 Å². The van der Waals surface area contributed by atoms with Gasteiger partial charge in [-0.2, -0.15) is 0 Å². The standard InChI is InChI=1S/C15H19FN2S/c1-4-8-18(9-5-2)14(15(17)19)12-6-7-13(16)11(3)10-12/h4-7,10,14H,1-2,8-9H2,3H3,(H2,17,19). The molecule has 2 nitrogen and oxygen atoms in total. The topological polar surface area (TPSA) is 29.3 Å². The highest BCUT2D eigenvalue weighted by Crippen LogP contribution is 2.23. The van der Waals surface area contributed by atoms with E-state index in [1.807, 2.05) is 4.90 Å². The lowest BCUT2D eigenvalue weighted by Gasteiger charge is -2.29. The number of halogens is 1. The van der Waals surface area contributed by atoms with Crippen molar-refractivity contribution in [2.24, 2.45) is 5.73 Å². The summed E-state index contributed by atoms with van der Waals surface area (Å²) in [6.07, 6.45) is 3.57. The van der Waals surface area contributed by atoms with Gasteiger partial charge in [0.25, 0.3) is 0 Å². The number of hydrogen-bond acceptors (Lipinski definition) is 2. The molecule has 102 valence electrons. The molecule has 19 heavy (non-hydrogen) atoms. The monoisotopic (exact) mass is 278 g/mol. The van der Waals surface area contributed by atoms with Crippen molar-refractivity contribution in [2.45, 2.75) is 13.0 Å². The van der Waals surface area contributed by atoms with Gasteiger partial charge in [-0.15, -0.1) is 13.2 Å². The Balaban J connectivity index is 3.16.